The second-order valence-electron chi connectivity index (χ2n) is 7.26. The number of methoxy groups -OCH3 is 1. The van der Waals surface area contributed by atoms with Crippen molar-refractivity contribution in [2.24, 2.45) is 0 Å². The number of hydrogen-bond acceptors (Lipinski definition) is 4. The number of nitrogens with zero attached hydrogens (tertiary/aromatic N) is 1. The van der Waals surface area contributed by atoms with Gasteiger partial charge in [-0.05, 0) is 54.9 Å². The Morgan fingerprint density at radius 2 is 2.13 bits per heavy atom. The molecule has 8 heteroatoms. The van der Waals surface area contributed by atoms with E-state index in [1.165, 1.54) is 6.07 Å². The molecule has 5 nitrogen and oxygen atoms in total. The summed E-state index contributed by atoms with van der Waals surface area (Å²) in [5.41, 5.74) is 1.49. The van der Waals surface area contributed by atoms with Crippen LogP contribution in [0.25, 0.3) is 0 Å². The zero-order valence-electron chi connectivity index (χ0n) is 17.1. The van der Waals surface area contributed by atoms with E-state index in [0.29, 0.717) is 33.3 Å². The van der Waals surface area contributed by atoms with Crippen LogP contribution in [0, 0.1) is 5.82 Å². The largest absolute Gasteiger partial charge is 0.611 e. The molecule has 1 N–H and O–H groups in total. The number of carbonyl (C=O) groups is 1. The number of rotatable bonds is 8. The van der Waals surface area contributed by atoms with Gasteiger partial charge in [0.1, 0.15) is 11.6 Å². The first-order chi connectivity index (χ1) is 14.4. The first-order valence-corrected chi connectivity index (χ1v) is 11.6. The molecule has 1 aliphatic rings. The summed E-state index contributed by atoms with van der Waals surface area (Å²) >= 11 is 4.88. The summed E-state index contributed by atoms with van der Waals surface area (Å²) in [7, 11) is 1.69. The number of carbonyl (C=O) groups excluding carboxylic acids is 1. The zero-order valence-corrected chi connectivity index (χ0v) is 18.7. The van der Waals surface area contributed by atoms with Gasteiger partial charge < -0.3 is 14.6 Å². The third kappa shape index (κ3) is 5.74. The molecule has 0 saturated carbocycles. The third-order valence-electron chi connectivity index (χ3n) is 5.24. The molecule has 162 valence electrons. The van der Waals surface area contributed by atoms with Gasteiger partial charge in [-0.3, -0.25) is 9.69 Å². The van der Waals surface area contributed by atoms with E-state index >= 15 is 0 Å². The number of nitrogens with one attached hydrogen (secondary N) is 1. The van der Waals surface area contributed by atoms with Gasteiger partial charge in [0.25, 0.3) is 5.91 Å². The van der Waals surface area contributed by atoms with Crippen molar-refractivity contribution in [1.29, 1.82) is 0 Å². The smallest absolute Gasteiger partial charge is 0.251 e. The number of halogens is 2. The lowest BCUT2D eigenvalue weighted by Gasteiger charge is -2.16. The minimum Gasteiger partial charge on any atom is -0.611 e. The van der Waals surface area contributed by atoms with Gasteiger partial charge in [0.2, 0.25) is 0 Å². The van der Waals surface area contributed by atoms with E-state index in [0.717, 1.165) is 19.5 Å². The summed E-state index contributed by atoms with van der Waals surface area (Å²) < 4.78 is 32.1. The van der Waals surface area contributed by atoms with E-state index in [2.05, 4.69) is 10.2 Å². The topological polar surface area (TPSA) is 64.6 Å². The molecule has 2 aromatic rings. The lowest BCUT2D eigenvalue weighted by Crippen LogP contribution is -2.25. The normalized spacial score (nSPS) is 17.8. The Labute approximate surface area is 184 Å². The highest BCUT2D eigenvalue weighted by molar-refractivity contribution is 7.91. The zero-order chi connectivity index (χ0) is 21.7. The molecule has 1 fully saturated rings. The second-order valence-corrected chi connectivity index (χ2v) is 9.40. The molecular weight excluding hydrogens is 427 g/mol. The fourth-order valence-corrected chi connectivity index (χ4v) is 4.68. The summed E-state index contributed by atoms with van der Waals surface area (Å²) in [4.78, 5) is 15.3. The van der Waals surface area contributed by atoms with Crippen molar-refractivity contribution >= 4 is 28.7 Å². The minimum absolute atomic E-state index is 0.163. The van der Waals surface area contributed by atoms with Crippen molar-refractivity contribution in [2.75, 3.05) is 26.0 Å². The van der Waals surface area contributed by atoms with Crippen molar-refractivity contribution in [3.05, 3.63) is 63.9 Å². The van der Waals surface area contributed by atoms with Crippen LogP contribution in [0.5, 0.6) is 0 Å². The fourth-order valence-electron chi connectivity index (χ4n) is 3.53. The highest BCUT2D eigenvalue weighted by Gasteiger charge is 2.23. The Morgan fingerprint density at radius 3 is 2.80 bits per heavy atom. The Hall–Kier alpha value is -1.64. The van der Waals surface area contributed by atoms with Crippen LogP contribution in [-0.4, -0.2) is 47.4 Å². The molecule has 0 bridgehead atoms. The van der Waals surface area contributed by atoms with Gasteiger partial charge in [0.05, 0.1) is 6.10 Å². The third-order valence-corrected chi connectivity index (χ3v) is 6.89. The Morgan fingerprint density at radius 1 is 1.33 bits per heavy atom. The molecule has 0 spiro atoms. The quantitative estimate of drug-likeness (QED) is 0.619. The van der Waals surface area contributed by atoms with Crippen LogP contribution in [0.15, 0.2) is 41.3 Å². The summed E-state index contributed by atoms with van der Waals surface area (Å²) in [6.07, 6.45) is 1.13. The highest BCUT2D eigenvalue weighted by Crippen LogP contribution is 2.22. The molecule has 1 amide bonds. The van der Waals surface area contributed by atoms with Crippen molar-refractivity contribution in [2.45, 2.75) is 37.4 Å². The van der Waals surface area contributed by atoms with Gasteiger partial charge in [-0.2, -0.15) is 0 Å². The molecule has 1 aliphatic heterocycles. The van der Waals surface area contributed by atoms with E-state index in [9.17, 15) is 13.7 Å². The highest BCUT2D eigenvalue weighted by atomic mass is 35.5. The Bertz CT molecular complexity index is 899. The van der Waals surface area contributed by atoms with Gasteiger partial charge in [0, 0.05) is 55.0 Å². The van der Waals surface area contributed by atoms with Crippen molar-refractivity contribution in [1.82, 2.24) is 10.2 Å². The minimum atomic E-state index is -1.17. The number of hydrogen-bond donors (Lipinski definition) is 1. The predicted molar refractivity (Wildman–Crippen MR) is 117 cm³/mol. The molecule has 2 unspecified atom stereocenters. The Kier molecular flexibility index (Phi) is 8.13. The Balaban J connectivity index is 1.64. The number of ether oxygens (including phenoxy) is 1. The first-order valence-electron chi connectivity index (χ1n) is 9.89. The molecule has 1 heterocycles. The van der Waals surface area contributed by atoms with Crippen LogP contribution < -0.4 is 5.32 Å². The number of likely N-dealkylation sites (tertiary alicyclic amines) is 1. The molecule has 0 aromatic heterocycles. The van der Waals surface area contributed by atoms with Crippen LogP contribution in [-0.2, 0) is 29.0 Å². The fraction of sp³-hybridized carbons (Fsp3) is 0.409. The summed E-state index contributed by atoms with van der Waals surface area (Å²) in [5.74, 6) is -0.328. The standard InChI is InChI=1S/C22H26ClFN2O3S/c1-3-30(28)21-7-6-18(23)10-17(21)12-25-22(27)15-4-5-16(20(24)11-15)13-26-9-8-19(14-26)29-2/h4-7,10-11,19H,3,8-9,12-14H2,1-2H3,(H,25,27). The van der Waals surface area contributed by atoms with E-state index in [-0.39, 0.29) is 18.2 Å². The van der Waals surface area contributed by atoms with Crippen molar-refractivity contribution < 1.29 is 18.5 Å². The van der Waals surface area contributed by atoms with Gasteiger partial charge in [0.15, 0.2) is 4.90 Å². The van der Waals surface area contributed by atoms with E-state index in [4.69, 9.17) is 16.3 Å². The first kappa shape index (κ1) is 23.0. The maximum Gasteiger partial charge on any atom is 0.251 e. The van der Waals surface area contributed by atoms with Gasteiger partial charge in [-0.25, -0.2) is 4.39 Å². The SMILES string of the molecule is CC[S+]([O-])c1ccc(Cl)cc1CNC(=O)c1ccc(CN2CCC(OC)C2)c(F)c1. The molecule has 1 saturated heterocycles. The van der Waals surface area contributed by atoms with Gasteiger partial charge in [-0.1, -0.05) is 17.7 Å². The lowest BCUT2D eigenvalue weighted by molar-refractivity contribution is 0.0950. The average molecular weight is 453 g/mol. The van der Waals surface area contributed by atoms with E-state index < -0.39 is 22.9 Å². The molecule has 0 radical (unpaired) electrons. The summed E-state index contributed by atoms with van der Waals surface area (Å²) in [6, 6.07) is 9.63. The molecule has 2 aromatic carbocycles. The molecule has 30 heavy (non-hydrogen) atoms. The van der Waals surface area contributed by atoms with Crippen LogP contribution in [0.1, 0.15) is 34.8 Å². The predicted octanol–water partition coefficient (Wildman–Crippen LogP) is 3.76. The maximum atomic E-state index is 14.6. The van der Waals surface area contributed by atoms with Crippen molar-refractivity contribution in [3.63, 3.8) is 0 Å². The molecule has 2 atom stereocenters. The molecule has 0 aliphatic carbocycles. The van der Waals surface area contributed by atoms with Crippen molar-refractivity contribution in [3.8, 4) is 0 Å². The number of amides is 1. The van der Waals surface area contributed by atoms with Gasteiger partial charge in [-0.15, -0.1) is 0 Å². The van der Waals surface area contributed by atoms with E-state index in [1.54, 1.807) is 37.4 Å². The number of benzene rings is 2. The van der Waals surface area contributed by atoms with Crippen LogP contribution in [0.2, 0.25) is 5.02 Å². The maximum absolute atomic E-state index is 14.6. The summed E-state index contributed by atoms with van der Waals surface area (Å²) in [5, 5.41) is 3.27. The van der Waals surface area contributed by atoms with Crippen LogP contribution in [0.3, 0.4) is 0 Å². The van der Waals surface area contributed by atoms with Crippen LogP contribution >= 0.6 is 11.6 Å². The monoisotopic (exact) mass is 452 g/mol. The molecular formula is C22H26ClFN2O3S. The molecule has 3 rings (SSSR count). The average Bonchev–Trinajstić information content (AvgIpc) is 3.20. The van der Waals surface area contributed by atoms with Crippen LogP contribution in [0.4, 0.5) is 4.39 Å². The lowest BCUT2D eigenvalue weighted by atomic mass is 10.1. The van der Waals surface area contributed by atoms with Gasteiger partial charge >= 0.3 is 0 Å². The summed E-state index contributed by atoms with van der Waals surface area (Å²) in [6.45, 7) is 4.12. The second kappa shape index (κ2) is 10.6. The van der Waals surface area contributed by atoms with E-state index in [1.807, 2.05) is 6.92 Å².